The summed E-state index contributed by atoms with van der Waals surface area (Å²) in [7, 11) is 3.48. The summed E-state index contributed by atoms with van der Waals surface area (Å²) in [5.41, 5.74) is 1.17. The molecule has 1 unspecified atom stereocenters. The first kappa shape index (κ1) is 21.0. The van der Waals surface area contributed by atoms with Gasteiger partial charge in [0.2, 0.25) is 0 Å². The molecule has 156 valence electrons. The van der Waals surface area contributed by atoms with Crippen LogP contribution in [-0.2, 0) is 11.3 Å². The molecular weight excluding hydrogens is 366 g/mol. The number of ether oxygens (including phenoxy) is 3. The minimum atomic E-state index is 0.583. The monoisotopic (exact) mass is 397 g/mol. The zero-order valence-electron chi connectivity index (χ0n) is 17.6. The molecule has 0 aromatic heterocycles. The fourth-order valence-electron chi connectivity index (χ4n) is 3.46. The maximum atomic E-state index is 5.94. The van der Waals surface area contributed by atoms with Crippen molar-refractivity contribution in [2.75, 3.05) is 40.5 Å². The van der Waals surface area contributed by atoms with Crippen LogP contribution in [0.5, 0.6) is 17.2 Å². The molecular formula is C23H31N3O3. The average molecular weight is 398 g/mol. The van der Waals surface area contributed by atoms with Gasteiger partial charge in [-0.05, 0) is 43.2 Å². The molecule has 1 aliphatic heterocycles. The predicted octanol–water partition coefficient (Wildman–Crippen LogP) is 3.92. The third kappa shape index (κ3) is 5.87. The molecule has 3 rings (SSSR count). The van der Waals surface area contributed by atoms with E-state index in [2.05, 4.69) is 27.3 Å². The number of aliphatic imine (C=N–C) groups is 1. The van der Waals surface area contributed by atoms with E-state index in [4.69, 9.17) is 14.2 Å². The number of guanidine groups is 1. The van der Waals surface area contributed by atoms with E-state index in [1.807, 2.05) is 50.4 Å². The molecule has 2 aromatic rings. The Bertz CT molecular complexity index is 792. The van der Waals surface area contributed by atoms with Crippen molar-refractivity contribution in [1.29, 1.82) is 0 Å². The molecule has 1 aliphatic rings. The molecule has 0 saturated carbocycles. The highest BCUT2D eigenvalue weighted by Gasteiger charge is 2.24. The second-order valence-electron chi connectivity index (χ2n) is 7.06. The average Bonchev–Trinajstić information content (AvgIpc) is 3.23. The van der Waals surface area contributed by atoms with Gasteiger partial charge in [-0.2, -0.15) is 0 Å². The molecule has 6 heteroatoms. The molecule has 1 heterocycles. The highest BCUT2D eigenvalue weighted by atomic mass is 16.5. The zero-order chi connectivity index (χ0) is 20.5. The molecule has 0 amide bonds. The Balaban J connectivity index is 1.52. The lowest BCUT2D eigenvalue weighted by Crippen LogP contribution is -2.39. The van der Waals surface area contributed by atoms with Crippen molar-refractivity contribution in [3.63, 3.8) is 0 Å². The molecule has 1 N–H and O–H groups in total. The number of rotatable bonds is 8. The molecule has 29 heavy (non-hydrogen) atoms. The van der Waals surface area contributed by atoms with Crippen LogP contribution in [0.15, 0.2) is 53.5 Å². The standard InChI is InChI=1S/C23H31N3O3/c1-4-28-17-19-13-14-26(16-19)23(24-2)25-15-18-9-11-20(12-10-18)29-22-8-6-5-7-21(22)27-3/h5-12,19H,4,13-17H2,1-3H3,(H,24,25). The van der Waals surface area contributed by atoms with Crippen molar-refractivity contribution < 1.29 is 14.2 Å². The van der Waals surface area contributed by atoms with Gasteiger partial charge in [0.05, 0.1) is 13.7 Å². The van der Waals surface area contributed by atoms with Crippen LogP contribution in [0, 0.1) is 5.92 Å². The Labute approximate surface area is 173 Å². The molecule has 1 saturated heterocycles. The second-order valence-corrected chi connectivity index (χ2v) is 7.06. The highest BCUT2D eigenvalue weighted by Crippen LogP contribution is 2.30. The number of likely N-dealkylation sites (tertiary alicyclic amines) is 1. The van der Waals surface area contributed by atoms with Crippen LogP contribution in [-0.4, -0.2) is 51.3 Å². The van der Waals surface area contributed by atoms with Gasteiger partial charge in [0, 0.05) is 39.2 Å². The van der Waals surface area contributed by atoms with Crippen molar-refractivity contribution in [3.05, 3.63) is 54.1 Å². The van der Waals surface area contributed by atoms with E-state index in [-0.39, 0.29) is 0 Å². The Morgan fingerprint density at radius 3 is 2.59 bits per heavy atom. The smallest absolute Gasteiger partial charge is 0.193 e. The van der Waals surface area contributed by atoms with Crippen molar-refractivity contribution >= 4 is 5.96 Å². The number of para-hydroxylation sites is 2. The van der Waals surface area contributed by atoms with Gasteiger partial charge in [-0.25, -0.2) is 0 Å². The summed E-state index contributed by atoms with van der Waals surface area (Å²) in [6, 6.07) is 15.7. The number of hydrogen-bond acceptors (Lipinski definition) is 4. The number of methoxy groups -OCH3 is 1. The lowest BCUT2D eigenvalue weighted by atomic mass is 10.1. The first-order valence-corrected chi connectivity index (χ1v) is 10.2. The molecule has 0 spiro atoms. The van der Waals surface area contributed by atoms with Gasteiger partial charge in [0.25, 0.3) is 0 Å². The Morgan fingerprint density at radius 1 is 1.14 bits per heavy atom. The molecule has 0 radical (unpaired) electrons. The number of nitrogens with one attached hydrogen (secondary N) is 1. The van der Waals surface area contributed by atoms with E-state index < -0.39 is 0 Å². The van der Waals surface area contributed by atoms with Crippen molar-refractivity contribution in [2.24, 2.45) is 10.9 Å². The summed E-state index contributed by atoms with van der Waals surface area (Å²) >= 11 is 0. The minimum absolute atomic E-state index is 0.583. The van der Waals surface area contributed by atoms with Crippen molar-refractivity contribution in [3.8, 4) is 17.2 Å². The summed E-state index contributed by atoms with van der Waals surface area (Å²) in [5, 5.41) is 3.47. The van der Waals surface area contributed by atoms with E-state index >= 15 is 0 Å². The fraction of sp³-hybridized carbons (Fsp3) is 0.435. The predicted molar refractivity (Wildman–Crippen MR) is 116 cm³/mol. The Hall–Kier alpha value is -2.73. The molecule has 0 bridgehead atoms. The van der Waals surface area contributed by atoms with E-state index in [1.54, 1.807) is 7.11 Å². The Kier molecular flexibility index (Phi) is 7.76. The third-order valence-corrected chi connectivity index (χ3v) is 5.03. The van der Waals surface area contributed by atoms with Crippen LogP contribution >= 0.6 is 0 Å². The van der Waals surface area contributed by atoms with Crippen LogP contribution in [0.1, 0.15) is 18.9 Å². The number of hydrogen-bond donors (Lipinski definition) is 1. The number of benzene rings is 2. The van der Waals surface area contributed by atoms with E-state index in [0.717, 1.165) is 50.2 Å². The van der Waals surface area contributed by atoms with Gasteiger partial charge >= 0.3 is 0 Å². The molecule has 1 atom stereocenters. The SMILES string of the molecule is CCOCC1CCN(C(=NC)NCc2ccc(Oc3ccccc3OC)cc2)C1. The largest absolute Gasteiger partial charge is 0.493 e. The van der Waals surface area contributed by atoms with Gasteiger partial charge in [-0.1, -0.05) is 24.3 Å². The lowest BCUT2D eigenvalue weighted by molar-refractivity contribution is 0.114. The summed E-state index contributed by atoms with van der Waals surface area (Å²) in [6.45, 7) is 6.38. The van der Waals surface area contributed by atoms with Crippen molar-refractivity contribution in [2.45, 2.75) is 19.9 Å². The van der Waals surface area contributed by atoms with E-state index in [1.165, 1.54) is 5.56 Å². The fourth-order valence-corrected chi connectivity index (χ4v) is 3.46. The van der Waals surface area contributed by atoms with Gasteiger partial charge in [0.1, 0.15) is 5.75 Å². The van der Waals surface area contributed by atoms with Crippen LogP contribution in [0.4, 0.5) is 0 Å². The first-order chi connectivity index (χ1) is 14.2. The van der Waals surface area contributed by atoms with Gasteiger partial charge in [0.15, 0.2) is 17.5 Å². The molecule has 1 fully saturated rings. The quantitative estimate of drug-likeness (QED) is 0.540. The Morgan fingerprint density at radius 2 is 1.90 bits per heavy atom. The topological polar surface area (TPSA) is 55.3 Å². The van der Waals surface area contributed by atoms with Crippen molar-refractivity contribution in [1.82, 2.24) is 10.2 Å². The van der Waals surface area contributed by atoms with Crippen LogP contribution in [0.2, 0.25) is 0 Å². The summed E-state index contributed by atoms with van der Waals surface area (Å²) in [6.07, 6.45) is 1.15. The van der Waals surface area contributed by atoms with Gasteiger partial charge in [-0.3, -0.25) is 4.99 Å². The second kappa shape index (κ2) is 10.7. The highest BCUT2D eigenvalue weighted by molar-refractivity contribution is 5.80. The third-order valence-electron chi connectivity index (χ3n) is 5.03. The van der Waals surface area contributed by atoms with Gasteiger partial charge < -0.3 is 24.4 Å². The van der Waals surface area contributed by atoms with Crippen LogP contribution < -0.4 is 14.8 Å². The van der Waals surface area contributed by atoms with E-state index in [9.17, 15) is 0 Å². The summed E-state index contributed by atoms with van der Waals surface area (Å²) in [4.78, 5) is 6.75. The first-order valence-electron chi connectivity index (χ1n) is 10.2. The summed E-state index contributed by atoms with van der Waals surface area (Å²) in [5.74, 6) is 3.73. The maximum absolute atomic E-state index is 5.94. The normalized spacial score (nSPS) is 16.7. The lowest BCUT2D eigenvalue weighted by Gasteiger charge is -2.22. The number of nitrogens with zero attached hydrogens (tertiary/aromatic N) is 2. The zero-order valence-corrected chi connectivity index (χ0v) is 17.6. The molecule has 2 aromatic carbocycles. The molecule has 0 aliphatic carbocycles. The molecule has 6 nitrogen and oxygen atoms in total. The van der Waals surface area contributed by atoms with Crippen LogP contribution in [0.3, 0.4) is 0 Å². The van der Waals surface area contributed by atoms with E-state index in [0.29, 0.717) is 18.2 Å². The van der Waals surface area contributed by atoms with Crippen LogP contribution in [0.25, 0.3) is 0 Å². The summed E-state index contributed by atoms with van der Waals surface area (Å²) < 4.78 is 16.8. The minimum Gasteiger partial charge on any atom is -0.493 e. The van der Waals surface area contributed by atoms with Gasteiger partial charge in [-0.15, -0.1) is 0 Å². The maximum Gasteiger partial charge on any atom is 0.193 e.